The minimum atomic E-state index is -0.265. The summed E-state index contributed by atoms with van der Waals surface area (Å²) in [4.78, 5) is 6.96. The first kappa shape index (κ1) is 36.4. The Hall–Kier alpha value is -4.99. The number of anilines is 3. The Kier molecular flexibility index (Phi) is 9.23. The number of aromatic nitrogens is 4. The molecule has 5 nitrogen and oxygen atoms in total. The van der Waals surface area contributed by atoms with Crippen LogP contribution in [0.2, 0.25) is 0 Å². The number of hydrogen-bond donors (Lipinski definition) is 0. The molecule has 53 heavy (non-hydrogen) atoms. The molecular formula is C47H45N5Pt. The van der Waals surface area contributed by atoms with Crippen molar-refractivity contribution in [2.24, 2.45) is 7.05 Å². The number of imidazole rings is 1. The van der Waals surface area contributed by atoms with Gasteiger partial charge in [0.1, 0.15) is 0 Å². The SMILES string of the molecule is Cc1cc(C)c(-c2c(C(C)(C)C)nn(-c3[c-]c4c(cc3)C(C)(C)c3ccccc3N4c3[c-]c(-c4nccn4C)ccc3)c2-c2ccccc2)c(C)c1.[Pt+2]. The number of fused-ring (bicyclic) bond motifs is 2. The Bertz CT molecular complexity index is 2450. The van der Waals surface area contributed by atoms with Crippen LogP contribution < -0.4 is 4.90 Å². The number of para-hydroxylation sites is 1. The fourth-order valence-corrected chi connectivity index (χ4v) is 8.12. The summed E-state index contributed by atoms with van der Waals surface area (Å²) in [6.45, 7) is 18.0. The molecule has 0 saturated carbocycles. The molecule has 0 amide bonds. The van der Waals surface area contributed by atoms with Crippen LogP contribution >= 0.6 is 0 Å². The summed E-state index contributed by atoms with van der Waals surface area (Å²) in [5, 5.41) is 5.54. The van der Waals surface area contributed by atoms with Crippen LogP contribution in [0.25, 0.3) is 39.5 Å². The average Bonchev–Trinajstić information content (AvgIpc) is 3.73. The molecule has 8 rings (SSSR count). The monoisotopic (exact) mass is 874 g/mol. The van der Waals surface area contributed by atoms with Crippen LogP contribution in [0, 0.1) is 32.9 Å². The molecule has 268 valence electrons. The summed E-state index contributed by atoms with van der Waals surface area (Å²) >= 11 is 0. The third-order valence-corrected chi connectivity index (χ3v) is 10.5. The van der Waals surface area contributed by atoms with Crippen molar-refractivity contribution in [3.8, 4) is 39.5 Å². The zero-order valence-electron chi connectivity index (χ0n) is 31.9. The molecule has 0 N–H and O–H groups in total. The van der Waals surface area contributed by atoms with E-state index in [0.29, 0.717) is 0 Å². The second kappa shape index (κ2) is 13.5. The predicted octanol–water partition coefficient (Wildman–Crippen LogP) is 11.5. The Morgan fingerprint density at radius 3 is 2.09 bits per heavy atom. The van der Waals surface area contributed by atoms with E-state index >= 15 is 0 Å². The minimum absolute atomic E-state index is 0. The third-order valence-electron chi connectivity index (χ3n) is 10.5. The fraction of sp³-hybridized carbons (Fsp3) is 0.234. The Balaban J connectivity index is 0.00000435. The summed E-state index contributed by atoms with van der Waals surface area (Å²) in [7, 11) is 2.02. The van der Waals surface area contributed by atoms with E-state index in [4.69, 9.17) is 5.10 Å². The van der Waals surface area contributed by atoms with Crippen LogP contribution in [0.15, 0.2) is 109 Å². The molecule has 7 aromatic rings. The molecule has 0 bridgehead atoms. The van der Waals surface area contributed by atoms with Gasteiger partial charge in [0.05, 0.1) is 17.2 Å². The van der Waals surface area contributed by atoms with E-state index in [1.165, 1.54) is 38.9 Å². The van der Waals surface area contributed by atoms with Gasteiger partial charge in [0.15, 0.2) is 0 Å². The van der Waals surface area contributed by atoms with E-state index in [0.717, 1.165) is 51.1 Å². The maximum absolute atomic E-state index is 5.54. The quantitative estimate of drug-likeness (QED) is 0.162. The first-order valence-electron chi connectivity index (χ1n) is 18.1. The first-order chi connectivity index (χ1) is 24.8. The van der Waals surface area contributed by atoms with Gasteiger partial charge in [0, 0.05) is 41.7 Å². The van der Waals surface area contributed by atoms with Gasteiger partial charge in [-0.2, -0.15) is 11.2 Å². The van der Waals surface area contributed by atoms with Gasteiger partial charge in [0.25, 0.3) is 0 Å². The van der Waals surface area contributed by atoms with Crippen LogP contribution in [0.4, 0.5) is 17.1 Å². The van der Waals surface area contributed by atoms with Gasteiger partial charge < -0.3 is 9.47 Å². The average molecular weight is 875 g/mol. The van der Waals surface area contributed by atoms with Crippen molar-refractivity contribution in [3.05, 3.63) is 155 Å². The second-order valence-corrected chi connectivity index (χ2v) is 15.8. The topological polar surface area (TPSA) is 38.9 Å². The minimum Gasteiger partial charge on any atom is -0.373 e. The van der Waals surface area contributed by atoms with Crippen molar-refractivity contribution in [1.29, 1.82) is 0 Å². The van der Waals surface area contributed by atoms with Crippen LogP contribution in [0.5, 0.6) is 0 Å². The number of rotatable bonds is 5. The van der Waals surface area contributed by atoms with Crippen molar-refractivity contribution in [1.82, 2.24) is 19.3 Å². The number of aryl methyl sites for hydroxylation is 4. The Morgan fingerprint density at radius 1 is 0.717 bits per heavy atom. The van der Waals surface area contributed by atoms with Crippen molar-refractivity contribution < 1.29 is 21.1 Å². The normalized spacial score (nSPS) is 13.3. The Labute approximate surface area is 328 Å². The summed E-state index contributed by atoms with van der Waals surface area (Å²) in [5.41, 5.74) is 16.3. The maximum Gasteiger partial charge on any atom is 2.00 e. The molecule has 0 radical (unpaired) electrons. The molecule has 5 aromatic carbocycles. The van der Waals surface area contributed by atoms with E-state index in [9.17, 15) is 0 Å². The zero-order valence-corrected chi connectivity index (χ0v) is 34.2. The molecule has 6 heteroatoms. The van der Waals surface area contributed by atoms with E-state index in [-0.39, 0.29) is 31.9 Å². The predicted molar refractivity (Wildman–Crippen MR) is 214 cm³/mol. The molecular weight excluding hydrogens is 830 g/mol. The number of nitrogens with zero attached hydrogens (tertiary/aromatic N) is 5. The summed E-state index contributed by atoms with van der Waals surface area (Å²) in [5.74, 6) is 0.874. The molecule has 0 unspecified atom stereocenters. The summed E-state index contributed by atoms with van der Waals surface area (Å²) < 4.78 is 4.18. The van der Waals surface area contributed by atoms with Crippen molar-refractivity contribution in [2.75, 3.05) is 4.90 Å². The third kappa shape index (κ3) is 6.09. The van der Waals surface area contributed by atoms with Crippen LogP contribution in [-0.2, 0) is 38.9 Å². The van der Waals surface area contributed by atoms with Crippen LogP contribution in [0.3, 0.4) is 0 Å². The van der Waals surface area contributed by atoms with Crippen molar-refractivity contribution in [2.45, 2.75) is 66.2 Å². The van der Waals surface area contributed by atoms with Gasteiger partial charge in [-0.15, -0.1) is 47.5 Å². The molecule has 0 aliphatic carbocycles. The van der Waals surface area contributed by atoms with E-state index in [1.807, 2.05) is 24.0 Å². The van der Waals surface area contributed by atoms with Crippen molar-refractivity contribution in [3.63, 3.8) is 0 Å². The van der Waals surface area contributed by atoms with Gasteiger partial charge in [-0.25, -0.2) is 0 Å². The van der Waals surface area contributed by atoms with Crippen LogP contribution in [-0.4, -0.2) is 19.3 Å². The van der Waals surface area contributed by atoms with Crippen LogP contribution in [0.1, 0.15) is 68.1 Å². The smallest absolute Gasteiger partial charge is 0.373 e. The van der Waals surface area contributed by atoms with Gasteiger partial charge in [-0.1, -0.05) is 107 Å². The van der Waals surface area contributed by atoms with Gasteiger partial charge in [0.2, 0.25) is 0 Å². The van der Waals surface area contributed by atoms with Gasteiger partial charge in [-0.3, -0.25) is 9.67 Å². The first-order valence-corrected chi connectivity index (χ1v) is 18.1. The van der Waals surface area contributed by atoms with E-state index in [1.54, 1.807) is 0 Å². The summed E-state index contributed by atoms with van der Waals surface area (Å²) in [6.07, 6.45) is 3.80. The molecule has 1 aliphatic heterocycles. The number of benzene rings is 5. The largest absolute Gasteiger partial charge is 2.00 e. The fourth-order valence-electron chi connectivity index (χ4n) is 8.12. The number of hydrogen-bond acceptors (Lipinski definition) is 3. The molecule has 0 fully saturated rings. The zero-order chi connectivity index (χ0) is 36.5. The van der Waals surface area contributed by atoms with Gasteiger partial charge >= 0.3 is 21.1 Å². The molecule has 0 spiro atoms. The molecule has 0 saturated heterocycles. The maximum atomic E-state index is 5.54. The van der Waals surface area contributed by atoms with Gasteiger partial charge in [-0.05, 0) is 65.9 Å². The standard InChI is InChI=1S/C47H45N5.Pt/c1-30-26-31(2)41(32(3)27-30)42-43(33-16-11-10-12-17-33)52(49-44(42)46(4,5)6)36-22-23-38-40(29-36)51(39-21-14-13-20-37(39)47(38,7)8)35-19-15-18-34(28-35)45-48-24-25-50(45)9;/h10-27H,1-9H3;/q-2;+2. The van der Waals surface area contributed by atoms with Crippen molar-refractivity contribution >= 4 is 17.1 Å². The molecule has 3 heterocycles. The molecule has 0 atom stereocenters. The molecule has 1 aliphatic rings. The van der Waals surface area contributed by atoms with E-state index < -0.39 is 0 Å². The van der Waals surface area contributed by atoms with E-state index in [2.05, 4.69) is 179 Å². The second-order valence-electron chi connectivity index (χ2n) is 15.8. The Morgan fingerprint density at radius 2 is 1.42 bits per heavy atom. The molecule has 2 aromatic heterocycles. The summed E-state index contributed by atoms with van der Waals surface area (Å²) in [6, 6.07) is 42.5.